The number of H-pyrrole nitrogens is 2. The fourth-order valence-corrected chi connectivity index (χ4v) is 9.27. The summed E-state index contributed by atoms with van der Waals surface area (Å²) in [5.74, 6) is 2.30. The number of benzene rings is 2. The van der Waals surface area contributed by atoms with Gasteiger partial charge < -0.3 is 35.0 Å². The van der Waals surface area contributed by atoms with Crippen LogP contribution in [0.2, 0.25) is 0 Å². The van der Waals surface area contributed by atoms with E-state index in [1.807, 2.05) is 31.5 Å². The summed E-state index contributed by atoms with van der Waals surface area (Å²) in [7, 11) is 2.77. The topological polar surface area (TPSA) is 167 Å². The molecule has 8 atom stereocenters. The fourth-order valence-electron chi connectivity index (χ4n) is 9.27. The molecule has 3 fully saturated rings. The third-order valence-corrected chi connectivity index (χ3v) is 12.4. The quantitative estimate of drug-likeness (QED) is 0.106. The second-order valence-corrected chi connectivity index (χ2v) is 15.7. The van der Waals surface area contributed by atoms with Crippen molar-refractivity contribution in [1.82, 2.24) is 40.5 Å². The number of likely N-dealkylation sites (tertiary alicyclic amines) is 1. The number of rotatable bonds is 12. The summed E-state index contributed by atoms with van der Waals surface area (Å²) >= 11 is 0. The number of carbonyl (C=O) groups is 3. The Hall–Kier alpha value is -5.82. The molecule has 0 spiro atoms. The van der Waals surface area contributed by atoms with Crippen molar-refractivity contribution in [2.75, 3.05) is 20.8 Å². The van der Waals surface area contributed by atoms with Gasteiger partial charge in [-0.05, 0) is 91.7 Å². The van der Waals surface area contributed by atoms with E-state index in [2.05, 4.69) is 79.1 Å². The molecule has 4 N–H and O–H groups in total. The number of fused-ring (bicyclic) bond motifs is 2. The zero-order valence-corrected chi connectivity index (χ0v) is 32.8. The molecule has 5 unspecified atom stereocenters. The van der Waals surface area contributed by atoms with Crippen LogP contribution < -0.4 is 10.6 Å². The number of imidazole rings is 2. The number of alkyl carbamates (subject to hydrolysis) is 1. The number of nitrogens with one attached hydrogen (secondary N) is 4. The molecule has 13 heteroatoms. The van der Waals surface area contributed by atoms with Crippen LogP contribution in [0.15, 0.2) is 85.5 Å². The highest BCUT2D eigenvalue weighted by Gasteiger charge is 2.52. The van der Waals surface area contributed by atoms with E-state index < -0.39 is 18.2 Å². The third-order valence-electron chi connectivity index (χ3n) is 12.4. The molecule has 2 saturated carbocycles. The van der Waals surface area contributed by atoms with Crippen molar-refractivity contribution >= 4 is 17.9 Å². The van der Waals surface area contributed by atoms with Gasteiger partial charge in [-0.3, -0.25) is 14.6 Å². The fraction of sp³-hybridized carbons (Fsp3) is 0.409. The van der Waals surface area contributed by atoms with Gasteiger partial charge in [0, 0.05) is 32.0 Å². The van der Waals surface area contributed by atoms with Gasteiger partial charge >= 0.3 is 6.09 Å². The first-order valence-electron chi connectivity index (χ1n) is 19.9. The highest BCUT2D eigenvalue weighted by molar-refractivity contribution is 5.87. The maximum atomic E-state index is 13.7. The Morgan fingerprint density at radius 2 is 1.42 bits per heavy atom. The molecule has 4 heterocycles. The average molecular weight is 771 g/mol. The van der Waals surface area contributed by atoms with Crippen molar-refractivity contribution < 1.29 is 23.9 Å². The molecular formula is C44H50N8O5. The summed E-state index contributed by atoms with van der Waals surface area (Å²) in [6.45, 7) is 4.31. The Morgan fingerprint density at radius 1 is 0.789 bits per heavy atom. The summed E-state index contributed by atoms with van der Waals surface area (Å²) in [6.07, 6.45) is 10.9. The Balaban J connectivity index is 0.922. The standard InChI is InChI=1S/C44H50N8O5/c1-25(33-7-5-19-45-22-33)48-42(53)38-32-18-17-31(21-32)37(38)41-47-24-35(50-41)30-15-11-28(12-16-30)27-9-13-29(14-10-27)34-23-46-40(49-34)36-8-6-20-52(36)43(54)39(26(2)56-3)51-44(55)57-4/h5,7,9-16,19,22-26,31-32,36-39H,6,8,17-18,20-21H2,1-4H3,(H,46,49)(H,47,50)(H,48,53)(H,51,55)/t25?,26?,31?,32?,36-,37?,38-,39-/m0/s1. The number of methoxy groups -OCH3 is 2. The van der Waals surface area contributed by atoms with E-state index in [4.69, 9.17) is 14.5 Å². The average Bonchev–Trinajstić information content (AvgIpc) is 4.11. The number of hydrogen-bond donors (Lipinski definition) is 4. The van der Waals surface area contributed by atoms with Gasteiger partial charge in [0.15, 0.2) is 0 Å². The summed E-state index contributed by atoms with van der Waals surface area (Å²) in [5.41, 5.74) is 6.98. The van der Waals surface area contributed by atoms with Crippen LogP contribution in [0.5, 0.6) is 0 Å². The summed E-state index contributed by atoms with van der Waals surface area (Å²) < 4.78 is 10.2. The molecule has 1 saturated heterocycles. The van der Waals surface area contributed by atoms with Crippen molar-refractivity contribution in [3.05, 3.63) is 103 Å². The second kappa shape index (κ2) is 16.3. The Bertz CT molecular complexity index is 2190. The van der Waals surface area contributed by atoms with Crippen molar-refractivity contribution in [1.29, 1.82) is 0 Å². The lowest BCUT2D eigenvalue weighted by molar-refractivity contribution is -0.137. The number of aromatic nitrogens is 5. The second-order valence-electron chi connectivity index (χ2n) is 15.7. The van der Waals surface area contributed by atoms with Crippen LogP contribution in [0.4, 0.5) is 4.79 Å². The molecule has 2 aromatic carbocycles. The van der Waals surface area contributed by atoms with Crippen LogP contribution in [-0.2, 0) is 19.1 Å². The summed E-state index contributed by atoms with van der Waals surface area (Å²) in [6, 6.07) is 19.4. The molecule has 0 radical (unpaired) electrons. The van der Waals surface area contributed by atoms with Crippen LogP contribution >= 0.6 is 0 Å². The van der Waals surface area contributed by atoms with E-state index in [1.165, 1.54) is 14.2 Å². The molecule has 13 nitrogen and oxygen atoms in total. The third kappa shape index (κ3) is 7.68. The van der Waals surface area contributed by atoms with Gasteiger partial charge in [-0.15, -0.1) is 0 Å². The minimum Gasteiger partial charge on any atom is -0.453 e. The van der Waals surface area contributed by atoms with Crippen molar-refractivity contribution in [2.45, 2.75) is 76.1 Å². The number of pyridine rings is 1. The van der Waals surface area contributed by atoms with E-state index in [0.717, 1.165) is 77.1 Å². The van der Waals surface area contributed by atoms with Crippen LogP contribution in [0.25, 0.3) is 33.6 Å². The van der Waals surface area contributed by atoms with Crippen molar-refractivity contribution in [2.24, 2.45) is 17.8 Å². The maximum absolute atomic E-state index is 13.7. The smallest absolute Gasteiger partial charge is 0.407 e. The number of carbonyl (C=O) groups excluding carboxylic acids is 3. The molecule has 3 amide bonds. The van der Waals surface area contributed by atoms with E-state index in [9.17, 15) is 14.4 Å². The first kappa shape index (κ1) is 38.1. The van der Waals surface area contributed by atoms with Crippen LogP contribution in [0.1, 0.15) is 81.2 Å². The van der Waals surface area contributed by atoms with Gasteiger partial charge in [-0.25, -0.2) is 14.8 Å². The minimum atomic E-state index is -0.886. The van der Waals surface area contributed by atoms with Gasteiger partial charge in [0.25, 0.3) is 0 Å². The van der Waals surface area contributed by atoms with Crippen LogP contribution in [-0.4, -0.2) is 80.6 Å². The SMILES string of the molecule is COC(=O)N[C@H](C(=O)N1CCC[C@H]1c1ncc(-c2ccc(-c3ccc(-c4cnc(C5C6CCC(C6)[C@@H]5C(=O)NC(C)c5cccnc5)[nH]4)cc3)cc2)[nH]1)C(C)OC. The molecule has 2 aliphatic carbocycles. The monoisotopic (exact) mass is 770 g/mol. The lowest BCUT2D eigenvalue weighted by Crippen LogP contribution is -2.54. The predicted octanol–water partition coefficient (Wildman–Crippen LogP) is 6.96. The Labute approximate surface area is 332 Å². The molecule has 296 valence electrons. The van der Waals surface area contributed by atoms with E-state index >= 15 is 0 Å². The zero-order chi connectivity index (χ0) is 39.6. The number of nitrogens with zero attached hydrogens (tertiary/aromatic N) is 4. The molecular weight excluding hydrogens is 721 g/mol. The number of ether oxygens (including phenoxy) is 2. The first-order valence-corrected chi connectivity index (χ1v) is 19.9. The van der Waals surface area contributed by atoms with E-state index in [0.29, 0.717) is 24.2 Å². The van der Waals surface area contributed by atoms with E-state index in [1.54, 1.807) is 24.2 Å². The normalized spacial score (nSPS) is 22.9. The summed E-state index contributed by atoms with van der Waals surface area (Å²) in [4.78, 5) is 61.9. The highest BCUT2D eigenvalue weighted by atomic mass is 16.5. The first-order chi connectivity index (χ1) is 27.7. The van der Waals surface area contributed by atoms with Gasteiger partial charge in [0.2, 0.25) is 11.8 Å². The molecule has 8 rings (SSSR count). The zero-order valence-electron chi connectivity index (χ0n) is 32.8. The van der Waals surface area contributed by atoms with Gasteiger partial charge in [-0.1, -0.05) is 54.6 Å². The summed E-state index contributed by atoms with van der Waals surface area (Å²) in [5, 5.41) is 5.90. The van der Waals surface area contributed by atoms with Crippen LogP contribution in [0, 0.1) is 17.8 Å². The lowest BCUT2D eigenvalue weighted by Gasteiger charge is -2.30. The molecule has 3 aliphatic rings. The molecule has 5 aromatic rings. The van der Waals surface area contributed by atoms with Crippen molar-refractivity contribution in [3.63, 3.8) is 0 Å². The van der Waals surface area contributed by atoms with Gasteiger partial charge in [0.1, 0.15) is 17.7 Å². The molecule has 3 aromatic heterocycles. The molecule has 2 bridgehead atoms. The number of hydrogen-bond acceptors (Lipinski definition) is 8. The maximum Gasteiger partial charge on any atom is 0.407 e. The Kier molecular flexibility index (Phi) is 10.9. The van der Waals surface area contributed by atoms with Gasteiger partial charge in [-0.2, -0.15) is 0 Å². The van der Waals surface area contributed by atoms with Crippen LogP contribution in [0.3, 0.4) is 0 Å². The lowest BCUT2D eigenvalue weighted by atomic mass is 9.78. The number of aromatic amines is 2. The van der Waals surface area contributed by atoms with E-state index in [-0.39, 0.29) is 35.7 Å². The molecule has 1 aliphatic heterocycles. The molecule has 57 heavy (non-hydrogen) atoms. The predicted molar refractivity (Wildman–Crippen MR) is 214 cm³/mol. The largest absolute Gasteiger partial charge is 0.453 e. The minimum absolute atomic E-state index is 0.0781. The van der Waals surface area contributed by atoms with Crippen molar-refractivity contribution in [3.8, 4) is 33.6 Å². The van der Waals surface area contributed by atoms with Gasteiger partial charge in [0.05, 0.1) is 55.0 Å². The Morgan fingerprint density at radius 3 is 2.05 bits per heavy atom. The highest BCUT2D eigenvalue weighted by Crippen LogP contribution is 2.56. The number of amides is 3.